The van der Waals surface area contributed by atoms with E-state index in [2.05, 4.69) is 4.98 Å². The number of hydrogen-bond acceptors (Lipinski definition) is 2. The van der Waals surface area contributed by atoms with E-state index in [-0.39, 0.29) is 5.91 Å². The molecule has 1 aliphatic rings. The molecule has 2 heterocycles. The number of carbonyl (C=O) groups excluding carboxylic acids is 1. The first-order chi connectivity index (χ1) is 8.72. The summed E-state index contributed by atoms with van der Waals surface area (Å²) < 4.78 is 0. The van der Waals surface area contributed by atoms with Gasteiger partial charge in [0.25, 0.3) is 5.91 Å². The van der Waals surface area contributed by atoms with Crippen LogP contribution in [0.2, 0.25) is 0 Å². The molecule has 0 aromatic carbocycles. The number of halogens is 1. The maximum atomic E-state index is 12.4. The minimum absolute atomic E-state index is 0.0947. The summed E-state index contributed by atoms with van der Waals surface area (Å²) in [6, 6.07) is 4.04. The third-order valence-corrected chi connectivity index (χ3v) is 3.71. The molecule has 0 N–H and O–H groups in total. The third-order valence-electron chi connectivity index (χ3n) is 3.49. The summed E-state index contributed by atoms with van der Waals surface area (Å²) in [4.78, 5) is 18.6. The van der Waals surface area contributed by atoms with Gasteiger partial charge in [0.2, 0.25) is 0 Å². The molecule has 0 bridgehead atoms. The number of pyridine rings is 1. The van der Waals surface area contributed by atoms with Crippen LogP contribution in [0.1, 0.15) is 41.7 Å². The Balaban J connectivity index is 2.12. The quantitative estimate of drug-likeness (QED) is 0.788. The fourth-order valence-corrected chi connectivity index (χ4v) is 2.71. The summed E-state index contributed by atoms with van der Waals surface area (Å²) in [5.41, 5.74) is 1.62. The van der Waals surface area contributed by atoms with Crippen LogP contribution in [0.3, 0.4) is 0 Å². The summed E-state index contributed by atoms with van der Waals surface area (Å²) in [6.45, 7) is 2.76. The Morgan fingerprint density at radius 1 is 1.50 bits per heavy atom. The Morgan fingerprint density at radius 3 is 3.00 bits per heavy atom. The fraction of sp³-hybridized carbons (Fsp3) is 0.571. The first-order valence-electron chi connectivity index (χ1n) is 6.52. The van der Waals surface area contributed by atoms with Crippen molar-refractivity contribution in [3.63, 3.8) is 0 Å². The van der Waals surface area contributed by atoms with Gasteiger partial charge in [-0.2, -0.15) is 0 Å². The summed E-state index contributed by atoms with van der Waals surface area (Å²) in [5, 5.41) is 0. The van der Waals surface area contributed by atoms with Crippen LogP contribution in [-0.4, -0.2) is 34.3 Å². The molecule has 1 saturated heterocycles. The zero-order chi connectivity index (χ0) is 13.0. The molecule has 2 rings (SSSR count). The van der Waals surface area contributed by atoms with E-state index in [1.54, 1.807) is 6.20 Å². The summed E-state index contributed by atoms with van der Waals surface area (Å²) in [5.74, 6) is 0.706. The van der Waals surface area contributed by atoms with Crippen LogP contribution in [0.5, 0.6) is 0 Å². The SMILES string of the molecule is Cc1ccc(C(=O)N2CCCCC2CCCl)cn1. The van der Waals surface area contributed by atoms with Crippen LogP contribution in [0, 0.1) is 6.92 Å². The van der Waals surface area contributed by atoms with Gasteiger partial charge < -0.3 is 4.90 Å². The van der Waals surface area contributed by atoms with Crippen LogP contribution in [0.15, 0.2) is 18.3 Å². The van der Waals surface area contributed by atoms with E-state index in [0.717, 1.165) is 31.5 Å². The molecular formula is C14H19ClN2O. The van der Waals surface area contributed by atoms with E-state index < -0.39 is 0 Å². The Bertz CT molecular complexity index is 403. The van der Waals surface area contributed by atoms with Crippen molar-refractivity contribution < 1.29 is 4.79 Å². The molecule has 0 radical (unpaired) electrons. The fourth-order valence-electron chi connectivity index (χ4n) is 2.45. The van der Waals surface area contributed by atoms with Crippen molar-refractivity contribution in [1.82, 2.24) is 9.88 Å². The number of nitrogens with zero attached hydrogens (tertiary/aromatic N) is 2. The van der Waals surface area contributed by atoms with Gasteiger partial charge in [-0.05, 0) is 44.7 Å². The number of likely N-dealkylation sites (tertiary alicyclic amines) is 1. The largest absolute Gasteiger partial charge is 0.336 e. The van der Waals surface area contributed by atoms with Gasteiger partial charge >= 0.3 is 0 Å². The average molecular weight is 267 g/mol. The Morgan fingerprint density at radius 2 is 2.33 bits per heavy atom. The molecule has 1 aliphatic heterocycles. The summed E-state index contributed by atoms with van der Waals surface area (Å²) in [6.07, 6.45) is 5.90. The van der Waals surface area contributed by atoms with Gasteiger partial charge in [0.1, 0.15) is 0 Å². The van der Waals surface area contributed by atoms with E-state index in [9.17, 15) is 4.79 Å². The monoisotopic (exact) mass is 266 g/mol. The molecule has 18 heavy (non-hydrogen) atoms. The maximum absolute atomic E-state index is 12.4. The van der Waals surface area contributed by atoms with Gasteiger partial charge in [-0.3, -0.25) is 9.78 Å². The Hall–Kier alpha value is -1.09. The minimum Gasteiger partial charge on any atom is -0.336 e. The predicted molar refractivity (Wildman–Crippen MR) is 73.0 cm³/mol. The number of alkyl halides is 1. The Labute approximate surface area is 113 Å². The first-order valence-corrected chi connectivity index (χ1v) is 7.05. The lowest BCUT2D eigenvalue weighted by Crippen LogP contribution is -2.44. The molecule has 0 spiro atoms. The van der Waals surface area contributed by atoms with Gasteiger partial charge in [-0.1, -0.05) is 0 Å². The highest BCUT2D eigenvalue weighted by Crippen LogP contribution is 2.22. The second kappa shape index (κ2) is 6.19. The van der Waals surface area contributed by atoms with Crippen molar-refractivity contribution in [3.8, 4) is 0 Å². The van der Waals surface area contributed by atoms with Crippen molar-refractivity contribution in [2.45, 2.75) is 38.6 Å². The second-order valence-electron chi connectivity index (χ2n) is 4.81. The predicted octanol–water partition coefficient (Wildman–Crippen LogP) is 3.01. The number of aromatic nitrogens is 1. The van der Waals surface area contributed by atoms with Gasteiger partial charge in [0, 0.05) is 30.4 Å². The molecule has 1 amide bonds. The van der Waals surface area contributed by atoms with Crippen molar-refractivity contribution >= 4 is 17.5 Å². The van der Waals surface area contributed by atoms with Crippen molar-refractivity contribution in [2.24, 2.45) is 0 Å². The molecule has 98 valence electrons. The third kappa shape index (κ3) is 3.02. The molecule has 1 fully saturated rings. The van der Waals surface area contributed by atoms with E-state index in [0.29, 0.717) is 17.5 Å². The zero-order valence-electron chi connectivity index (χ0n) is 10.7. The highest BCUT2D eigenvalue weighted by molar-refractivity contribution is 6.17. The van der Waals surface area contributed by atoms with Crippen molar-refractivity contribution in [1.29, 1.82) is 0 Å². The van der Waals surface area contributed by atoms with Gasteiger partial charge in [0.05, 0.1) is 5.56 Å². The lowest BCUT2D eigenvalue weighted by atomic mass is 9.99. The van der Waals surface area contributed by atoms with Gasteiger partial charge in [-0.15, -0.1) is 11.6 Å². The number of carbonyl (C=O) groups is 1. The van der Waals surface area contributed by atoms with Crippen LogP contribution < -0.4 is 0 Å². The van der Waals surface area contributed by atoms with E-state index >= 15 is 0 Å². The standard InChI is InChI=1S/C14H19ClN2O/c1-11-5-6-12(10-16-11)14(18)17-9-3-2-4-13(17)7-8-15/h5-6,10,13H,2-4,7-9H2,1H3. The van der Waals surface area contributed by atoms with Crippen LogP contribution in [0.25, 0.3) is 0 Å². The molecular weight excluding hydrogens is 248 g/mol. The summed E-state index contributed by atoms with van der Waals surface area (Å²) in [7, 11) is 0. The minimum atomic E-state index is 0.0947. The van der Waals surface area contributed by atoms with Crippen molar-refractivity contribution in [2.75, 3.05) is 12.4 Å². The Kier molecular flexibility index (Phi) is 4.59. The number of hydrogen-bond donors (Lipinski definition) is 0. The van der Waals surface area contributed by atoms with E-state index in [1.807, 2.05) is 24.0 Å². The topological polar surface area (TPSA) is 33.2 Å². The van der Waals surface area contributed by atoms with Crippen LogP contribution >= 0.6 is 11.6 Å². The molecule has 0 aliphatic carbocycles. The zero-order valence-corrected chi connectivity index (χ0v) is 11.5. The number of rotatable bonds is 3. The van der Waals surface area contributed by atoms with Gasteiger partial charge in [-0.25, -0.2) is 0 Å². The highest BCUT2D eigenvalue weighted by Gasteiger charge is 2.26. The van der Waals surface area contributed by atoms with Crippen LogP contribution in [-0.2, 0) is 0 Å². The molecule has 1 atom stereocenters. The maximum Gasteiger partial charge on any atom is 0.255 e. The van der Waals surface area contributed by atoms with Crippen molar-refractivity contribution in [3.05, 3.63) is 29.6 Å². The first kappa shape index (κ1) is 13.3. The smallest absolute Gasteiger partial charge is 0.255 e. The second-order valence-corrected chi connectivity index (χ2v) is 5.19. The lowest BCUT2D eigenvalue weighted by Gasteiger charge is -2.35. The van der Waals surface area contributed by atoms with E-state index in [4.69, 9.17) is 11.6 Å². The number of piperidine rings is 1. The molecule has 3 nitrogen and oxygen atoms in total. The average Bonchev–Trinajstić information content (AvgIpc) is 2.40. The molecule has 1 aromatic rings. The number of amides is 1. The molecule has 0 saturated carbocycles. The lowest BCUT2D eigenvalue weighted by molar-refractivity contribution is 0.0609. The van der Waals surface area contributed by atoms with Gasteiger partial charge in [0.15, 0.2) is 0 Å². The number of aryl methyl sites for hydroxylation is 1. The normalized spacial score (nSPS) is 19.9. The molecule has 4 heteroatoms. The molecule has 1 aromatic heterocycles. The summed E-state index contributed by atoms with van der Waals surface area (Å²) >= 11 is 5.82. The highest BCUT2D eigenvalue weighted by atomic mass is 35.5. The van der Waals surface area contributed by atoms with E-state index in [1.165, 1.54) is 6.42 Å². The molecule has 1 unspecified atom stereocenters. The van der Waals surface area contributed by atoms with Crippen LogP contribution in [0.4, 0.5) is 0 Å².